The number of thiophene rings is 1. The number of alkyl halides is 3. The molecule has 0 aliphatic rings. The number of hydrogen-bond donors (Lipinski definition) is 3. The van der Waals surface area contributed by atoms with Crippen LogP contribution < -0.4 is 11.3 Å². The van der Waals surface area contributed by atoms with Crippen molar-refractivity contribution in [3.05, 3.63) is 75.2 Å². The third kappa shape index (κ3) is 5.73. The van der Waals surface area contributed by atoms with E-state index in [0.717, 1.165) is 44.5 Å². The number of aryl methyl sites for hydroxylation is 2. The van der Waals surface area contributed by atoms with Crippen LogP contribution in [0, 0.1) is 6.92 Å². The van der Waals surface area contributed by atoms with Gasteiger partial charge in [-0.05, 0) is 49.2 Å². The van der Waals surface area contributed by atoms with Crippen LogP contribution in [-0.2, 0) is 19.1 Å². The number of hydrogen-bond acceptors (Lipinski definition) is 4. The van der Waals surface area contributed by atoms with Crippen molar-refractivity contribution in [3.8, 4) is 10.4 Å². The van der Waals surface area contributed by atoms with Crippen LogP contribution in [0.4, 0.5) is 13.2 Å². The van der Waals surface area contributed by atoms with Gasteiger partial charge in [0, 0.05) is 28.2 Å². The molecule has 0 saturated heterocycles. The van der Waals surface area contributed by atoms with Crippen molar-refractivity contribution in [3.63, 3.8) is 0 Å². The van der Waals surface area contributed by atoms with Gasteiger partial charge >= 0.3 is 6.18 Å². The molecule has 0 amide bonds. The molecule has 3 rings (SSSR count). The zero-order chi connectivity index (χ0) is 20.9. The van der Waals surface area contributed by atoms with E-state index in [0.29, 0.717) is 5.56 Å². The average Bonchev–Trinajstić information content (AvgIpc) is 3.08. The lowest BCUT2D eigenvalue weighted by Gasteiger charge is -2.06. The number of aromatic amines is 1. The van der Waals surface area contributed by atoms with E-state index in [2.05, 4.69) is 17.6 Å². The summed E-state index contributed by atoms with van der Waals surface area (Å²) in [5, 5.41) is 0. The molecule has 3 nitrogen and oxygen atoms in total. The highest BCUT2D eigenvalue weighted by atomic mass is 32.2. The minimum Gasteiger partial charge on any atom is -0.326 e. The van der Waals surface area contributed by atoms with E-state index in [9.17, 15) is 18.0 Å². The molecule has 0 saturated carbocycles. The van der Waals surface area contributed by atoms with Crippen molar-refractivity contribution in [2.24, 2.45) is 5.73 Å². The second kappa shape index (κ2) is 9.45. The lowest BCUT2D eigenvalue weighted by Crippen LogP contribution is -2.13. The van der Waals surface area contributed by atoms with Gasteiger partial charge in [0.2, 0.25) is 0 Å². The second-order valence-electron chi connectivity index (χ2n) is 6.05. The summed E-state index contributed by atoms with van der Waals surface area (Å²) in [5.74, 6) is 0. The van der Waals surface area contributed by atoms with Crippen molar-refractivity contribution in [2.75, 3.05) is 0 Å². The van der Waals surface area contributed by atoms with Crippen molar-refractivity contribution in [2.45, 2.75) is 37.2 Å². The molecule has 3 aromatic rings. The van der Waals surface area contributed by atoms with Crippen LogP contribution in [-0.4, -0.2) is 4.98 Å². The van der Waals surface area contributed by atoms with Gasteiger partial charge in [-0.15, -0.1) is 24.0 Å². The highest BCUT2D eigenvalue weighted by Gasteiger charge is 2.29. The van der Waals surface area contributed by atoms with Gasteiger partial charge in [-0.2, -0.15) is 13.2 Å². The van der Waals surface area contributed by atoms with Crippen LogP contribution in [0.2, 0.25) is 0 Å². The molecule has 0 aliphatic heterocycles. The normalized spacial score (nSPS) is 11.1. The van der Waals surface area contributed by atoms with Gasteiger partial charge in [0.05, 0.1) is 9.77 Å². The Morgan fingerprint density at radius 1 is 1.14 bits per heavy atom. The predicted octanol–water partition coefficient (Wildman–Crippen LogP) is 5.43. The minimum atomic E-state index is -4.26. The molecular formula is C20H21F3N2OS2. The Bertz CT molecular complexity index is 976. The third-order valence-corrected chi connectivity index (χ3v) is 5.41. The number of aromatic nitrogens is 1. The number of nitrogens with two attached hydrogens (primary N) is 1. The first-order valence-electron chi connectivity index (χ1n) is 8.53. The van der Waals surface area contributed by atoms with E-state index in [1.807, 2.05) is 32.0 Å². The highest BCUT2D eigenvalue weighted by molar-refractivity contribution is 7.83. The monoisotopic (exact) mass is 426 g/mol. The van der Waals surface area contributed by atoms with E-state index < -0.39 is 11.7 Å². The quantitative estimate of drug-likeness (QED) is 0.489. The second-order valence-corrected chi connectivity index (χ2v) is 7.92. The van der Waals surface area contributed by atoms with Gasteiger partial charge in [-0.25, -0.2) is 0 Å². The van der Waals surface area contributed by atoms with Crippen molar-refractivity contribution < 1.29 is 13.2 Å². The van der Waals surface area contributed by atoms with Crippen LogP contribution in [0.25, 0.3) is 10.4 Å². The van der Waals surface area contributed by atoms with Gasteiger partial charge in [0.15, 0.2) is 0 Å². The molecule has 3 N–H and O–H groups in total. The molecule has 150 valence electrons. The fourth-order valence-corrected chi connectivity index (χ4v) is 3.68. The average molecular weight is 427 g/mol. The lowest BCUT2D eigenvalue weighted by atomic mass is 10.1. The predicted molar refractivity (Wildman–Crippen MR) is 111 cm³/mol. The Kier molecular flexibility index (Phi) is 7.51. The van der Waals surface area contributed by atoms with E-state index in [1.54, 1.807) is 11.3 Å². The molecule has 2 aromatic heterocycles. The Balaban J connectivity index is 0.000000209. The number of H-pyrrole nitrogens is 1. The molecule has 1 aromatic carbocycles. The molecule has 8 heteroatoms. The minimum absolute atomic E-state index is 0.0198. The molecule has 0 fully saturated rings. The summed E-state index contributed by atoms with van der Waals surface area (Å²) in [4.78, 5) is 15.6. The van der Waals surface area contributed by atoms with Gasteiger partial charge in [0.1, 0.15) is 0 Å². The number of pyridine rings is 1. The fourth-order valence-electron chi connectivity index (χ4n) is 2.49. The standard InChI is InChI=1S/C12H13NOS2.C8H8F3N/c1-3-8-6-9(7(2)13-12(8)14)10-4-5-11(15)16-10;9-8(10,11)7-3-1-6(5-12)2-4-7/h4-6,15H,3H2,1-2H3,(H,13,14);1-4H,5,12H2. The zero-order valence-electron chi connectivity index (χ0n) is 15.4. The summed E-state index contributed by atoms with van der Waals surface area (Å²) in [6, 6.07) is 10.8. The Hall–Kier alpha value is -2.03. The summed E-state index contributed by atoms with van der Waals surface area (Å²) in [6.07, 6.45) is -3.51. The fraction of sp³-hybridized carbons (Fsp3) is 0.250. The van der Waals surface area contributed by atoms with E-state index >= 15 is 0 Å². The lowest BCUT2D eigenvalue weighted by molar-refractivity contribution is -0.137. The summed E-state index contributed by atoms with van der Waals surface area (Å²) in [6.45, 7) is 4.17. The molecular weight excluding hydrogens is 405 g/mol. The smallest absolute Gasteiger partial charge is 0.326 e. The topological polar surface area (TPSA) is 58.9 Å². The van der Waals surface area contributed by atoms with Crippen molar-refractivity contribution in [1.29, 1.82) is 0 Å². The molecule has 28 heavy (non-hydrogen) atoms. The zero-order valence-corrected chi connectivity index (χ0v) is 17.1. The van der Waals surface area contributed by atoms with Crippen LogP contribution in [0.3, 0.4) is 0 Å². The molecule has 0 radical (unpaired) electrons. The number of thiol groups is 1. The SMILES string of the molecule is CCc1cc(-c2ccc(S)s2)c(C)[nH]c1=O.NCc1ccc(C(F)(F)F)cc1. The third-order valence-electron chi connectivity index (χ3n) is 4.07. The van der Waals surface area contributed by atoms with Crippen LogP contribution >= 0.6 is 24.0 Å². The summed E-state index contributed by atoms with van der Waals surface area (Å²) >= 11 is 5.93. The molecule has 0 spiro atoms. The Morgan fingerprint density at radius 2 is 1.79 bits per heavy atom. The summed E-state index contributed by atoms with van der Waals surface area (Å²) in [5.41, 5.74) is 8.15. The highest BCUT2D eigenvalue weighted by Crippen LogP contribution is 2.31. The first-order valence-corrected chi connectivity index (χ1v) is 9.80. The summed E-state index contributed by atoms with van der Waals surface area (Å²) < 4.78 is 37.0. The van der Waals surface area contributed by atoms with Gasteiger partial charge in [-0.3, -0.25) is 4.79 Å². The number of benzene rings is 1. The Labute approximate surface area is 170 Å². The van der Waals surface area contributed by atoms with Crippen molar-refractivity contribution >= 4 is 24.0 Å². The first kappa shape index (κ1) is 22.3. The van der Waals surface area contributed by atoms with Gasteiger partial charge in [-0.1, -0.05) is 19.1 Å². The Morgan fingerprint density at radius 3 is 2.25 bits per heavy atom. The van der Waals surface area contributed by atoms with E-state index in [-0.39, 0.29) is 12.1 Å². The molecule has 0 bridgehead atoms. The maximum absolute atomic E-state index is 12.0. The van der Waals surface area contributed by atoms with Gasteiger partial charge < -0.3 is 10.7 Å². The van der Waals surface area contributed by atoms with Gasteiger partial charge in [0.25, 0.3) is 5.56 Å². The summed E-state index contributed by atoms with van der Waals surface area (Å²) in [7, 11) is 0. The first-order chi connectivity index (χ1) is 13.2. The number of rotatable bonds is 3. The van der Waals surface area contributed by atoms with Crippen LogP contribution in [0.5, 0.6) is 0 Å². The number of nitrogens with one attached hydrogen (secondary N) is 1. The largest absolute Gasteiger partial charge is 0.416 e. The van der Waals surface area contributed by atoms with Crippen molar-refractivity contribution in [1.82, 2.24) is 4.98 Å². The molecule has 2 heterocycles. The molecule has 0 unspecified atom stereocenters. The maximum atomic E-state index is 12.0. The van der Waals surface area contributed by atoms with E-state index in [1.165, 1.54) is 12.1 Å². The number of halogens is 3. The maximum Gasteiger partial charge on any atom is 0.416 e. The molecule has 0 atom stereocenters. The molecule has 0 aliphatic carbocycles. The van der Waals surface area contributed by atoms with E-state index in [4.69, 9.17) is 5.73 Å². The van der Waals surface area contributed by atoms with Crippen LogP contribution in [0.1, 0.15) is 29.3 Å². The van der Waals surface area contributed by atoms with Crippen LogP contribution in [0.15, 0.2) is 51.5 Å².